The summed E-state index contributed by atoms with van der Waals surface area (Å²) in [5.74, 6) is -1.25. The molecule has 0 aliphatic rings. The number of carboxylic acids is 1. The Morgan fingerprint density at radius 1 is 1.47 bits per heavy atom. The van der Waals surface area contributed by atoms with Crippen LogP contribution in [0.4, 0.5) is 5.69 Å². The van der Waals surface area contributed by atoms with E-state index < -0.39 is 10.9 Å². The lowest BCUT2D eigenvalue weighted by atomic mass is 10.1. The number of aliphatic hydroxyl groups excluding tert-OH is 1. The number of hydrogen-bond acceptors (Lipinski definition) is 5. The number of hydrogen-bond donors (Lipinski definition) is 2. The van der Waals surface area contributed by atoms with Crippen molar-refractivity contribution in [2.45, 2.75) is 11.3 Å². The fraction of sp³-hybridized carbons (Fsp3) is 0.300. The van der Waals surface area contributed by atoms with Crippen LogP contribution >= 0.6 is 11.8 Å². The minimum absolute atomic E-state index is 0.0846. The van der Waals surface area contributed by atoms with Gasteiger partial charge in [-0.25, -0.2) is 0 Å². The van der Waals surface area contributed by atoms with Crippen LogP contribution in [-0.4, -0.2) is 33.5 Å². The van der Waals surface area contributed by atoms with Crippen LogP contribution in [-0.2, 0) is 11.2 Å². The lowest BCUT2D eigenvalue weighted by molar-refractivity contribution is -0.387. The molecule has 2 N–H and O–H groups in total. The van der Waals surface area contributed by atoms with E-state index in [-0.39, 0.29) is 18.0 Å². The SMILES string of the molecule is O=C(O)CSc1ccc(CCO)cc1[N+](=O)[O-]. The van der Waals surface area contributed by atoms with E-state index in [4.69, 9.17) is 10.2 Å². The molecular formula is C10H11NO5S. The standard InChI is InChI=1S/C10H11NO5S/c12-4-3-7-1-2-9(17-6-10(13)14)8(5-7)11(15)16/h1-2,5,12H,3-4,6H2,(H,13,14). The molecule has 1 aromatic rings. The van der Waals surface area contributed by atoms with Crippen molar-refractivity contribution >= 4 is 23.4 Å². The van der Waals surface area contributed by atoms with Crippen molar-refractivity contribution in [1.82, 2.24) is 0 Å². The Morgan fingerprint density at radius 3 is 2.71 bits per heavy atom. The Hall–Kier alpha value is -1.60. The number of nitrogens with zero attached hydrogens (tertiary/aromatic N) is 1. The third-order valence-electron chi connectivity index (χ3n) is 1.97. The highest BCUT2D eigenvalue weighted by molar-refractivity contribution is 8.00. The average Bonchev–Trinajstić information content (AvgIpc) is 2.27. The molecule has 0 aliphatic heterocycles. The van der Waals surface area contributed by atoms with Gasteiger partial charge in [0.25, 0.3) is 5.69 Å². The largest absolute Gasteiger partial charge is 0.481 e. The molecule has 0 atom stereocenters. The van der Waals surface area contributed by atoms with Gasteiger partial charge in [0.15, 0.2) is 0 Å². The third-order valence-corrected chi connectivity index (χ3v) is 3.02. The van der Waals surface area contributed by atoms with Crippen LogP contribution in [0, 0.1) is 10.1 Å². The van der Waals surface area contributed by atoms with Gasteiger partial charge < -0.3 is 10.2 Å². The molecule has 0 aliphatic carbocycles. The summed E-state index contributed by atoms with van der Waals surface area (Å²) in [5.41, 5.74) is 0.529. The minimum atomic E-state index is -1.02. The Bertz CT molecular complexity index is 435. The topological polar surface area (TPSA) is 101 Å². The summed E-state index contributed by atoms with van der Waals surface area (Å²) in [5, 5.41) is 28.1. The number of aliphatic carboxylic acids is 1. The van der Waals surface area contributed by atoms with Crippen molar-refractivity contribution in [3.05, 3.63) is 33.9 Å². The maximum Gasteiger partial charge on any atom is 0.313 e. The van der Waals surface area contributed by atoms with Gasteiger partial charge in [0, 0.05) is 12.7 Å². The van der Waals surface area contributed by atoms with Crippen molar-refractivity contribution in [1.29, 1.82) is 0 Å². The second-order valence-corrected chi connectivity index (χ2v) is 4.23. The van der Waals surface area contributed by atoms with Gasteiger partial charge in [0.1, 0.15) is 0 Å². The molecule has 0 unspecified atom stereocenters. The van der Waals surface area contributed by atoms with Gasteiger partial charge in [-0.2, -0.15) is 0 Å². The Labute approximate surface area is 101 Å². The van der Waals surface area contributed by atoms with E-state index in [2.05, 4.69) is 0 Å². The Morgan fingerprint density at radius 2 is 2.18 bits per heavy atom. The molecule has 0 saturated heterocycles. The van der Waals surface area contributed by atoms with E-state index in [0.717, 1.165) is 11.8 Å². The summed E-state index contributed by atoms with van der Waals surface area (Å²) >= 11 is 0.907. The predicted octanol–water partition coefficient (Wildman–Crippen LogP) is 1.31. The number of carboxylic acid groups (broad SMARTS) is 1. The number of carbonyl (C=O) groups is 1. The second-order valence-electron chi connectivity index (χ2n) is 3.22. The zero-order chi connectivity index (χ0) is 12.8. The lowest BCUT2D eigenvalue weighted by Crippen LogP contribution is -2.00. The summed E-state index contributed by atoms with van der Waals surface area (Å²) < 4.78 is 0. The molecule has 0 saturated carbocycles. The highest BCUT2D eigenvalue weighted by atomic mass is 32.2. The van der Waals surface area contributed by atoms with Crippen LogP contribution in [0.5, 0.6) is 0 Å². The maximum atomic E-state index is 10.8. The summed E-state index contributed by atoms with van der Waals surface area (Å²) in [6, 6.07) is 4.52. The Kier molecular flexibility index (Phi) is 4.92. The van der Waals surface area contributed by atoms with Crippen molar-refractivity contribution < 1.29 is 19.9 Å². The molecule has 6 nitrogen and oxygen atoms in total. The van der Waals surface area contributed by atoms with Crippen LogP contribution in [0.3, 0.4) is 0 Å². The smallest absolute Gasteiger partial charge is 0.313 e. The van der Waals surface area contributed by atoms with Crippen molar-refractivity contribution in [2.24, 2.45) is 0 Å². The predicted molar refractivity (Wildman–Crippen MR) is 62.2 cm³/mol. The molecule has 17 heavy (non-hydrogen) atoms. The average molecular weight is 257 g/mol. The van der Waals surface area contributed by atoms with Gasteiger partial charge in [-0.05, 0) is 18.1 Å². The summed E-state index contributed by atoms with van der Waals surface area (Å²) in [7, 11) is 0. The van der Waals surface area contributed by atoms with E-state index in [1.807, 2.05) is 0 Å². The molecule has 0 amide bonds. The van der Waals surface area contributed by atoms with Gasteiger partial charge >= 0.3 is 5.97 Å². The Balaban J connectivity index is 2.95. The van der Waals surface area contributed by atoms with Crippen LogP contribution in [0.1, 0.15) is 5.56 Å². The van der Waals surface area contributed by atoms with Gasteiger partial charge in [-0.1, -0.05) is 6.07 Å². The molecule has 0 fully saturated rings. The first-order chi connectivity index (χ1) is 8.04. The zero-order valence-electron chi connectivity index (χ0n) is 8.83. The fourth-order valence-corrected chi connectivity index (χ4v) is 1.98. The first-order valence-corrected chi connectivity index (χ1v) is 5.76. The molecule has 0 bridgehead atoms. The first kappa shape index (κ1) is 13.5. The number of thioether (sulfide) groups is 1. The molecule has 0 aromatic heterocycles. The summed E-state index contributed by atoms with van der Waals surface area (Å²) in [6.07, 6.45) is 0.338. The number of nitro benzene ring substituents is 1. The molecule has 1 aromatic carbocycles. The van der Waals surface area contributed by atoms with Crippen LogP contribution in [0.2, 0.25) is 0 Å². The third kappa shape index (κ3) is 4.04. The molecule has 0 radical (unpaired) electrons. The number of benzene rings is 1. The first-order valence-electron chi connectivity index (χ1n) is 4.77. The van der Waals surface area contributed by atoms with E-state index in [1.165, 1.54) is 12.1 Å². The van der Waals surface area contributed by atoms with Crippen molar-refractivity contribution in [3.8, 4) is 0 Å². The molecule has 92 valence electrons. The number of nitro groups is 1. The molecule has 0 heterocycles. The van der Waals surface area contributed by atoms with Crippen LogP contribution in [0.25, 0.3) is 0 Å². The van der Waals surface area contributed by atoms with E-state index in [9.17, 15) is 14.9 Å². The normalized spacial score (nSPS) is 10.2. The zero-order valence-corrected chi connectivity index (χ0v) is 9.64. The second kappa shape index (κ2) is 6.21. The number of rotatable bonds is 6. The van der Waals surface area contributed by atoms with E-state index >= 15 is 0 Å². The quantitative estimate of drug-likeness (QED) is 0.452. The lowest BCUT2D eigenvalue weighted by Gasteiger charge is -2.03. The minimum Gasteiger partial charge on any atom is -0.481 e. The van der Waals surface area contributed by atoms with Gasteiger partial charge in [0.05, 0.1) is 15.6 Å². The molecular weight excluding hydrogens is 246 g/mol. The van der Waals surface area contributed by atoms with Crippen LogP contribution < -0.4 is 0 Å². The molecule has 1 rings (SSSR count). The monoisotopic (exact) mass is 257 g/mol. The summed E-state index contributed by atoms with van der Waals surface area (Å²) in [6.45, 7) is -0.0846. The summed E-state index contributed by atoms with van der Waals surface area (Å²) in [4.78, 5) is 21.0. The molecule has 7 heteroatoms. The van der Waals surface area contributed by atoms with E-state index in [0.29, 0.717) is 16.9 Å². The maximum absolute atomic E-state index is 10.8. The van der Waals surface area contributed by atoms with Gasteiger partial charge in [0.2, 0.25) is 0 Å². The van der Waals surface area contributed by atoms with Gasteiger partial charge in [-0.3, -0.25) is 14.9 Å². The van der Waals surface area contributed by atoms with Crippen molar-refractivity contribution in [3.63, 3.8) is 0 Å². The van der Waals surface area contributed by atoms with E-state index in [1.54, 1.807) is 6.07 Å². The van der Waals surface area contributed by atoms with Crippen LogP contribution in [0.15, 0.2) is 23.1 Å². The van der Waals surface area contributed by atoms with Crippen molar-refractivity contribution in [2.75, 3.05) is 12.4 Å². The fourth-order valence-electron chi connectivity index (χ4n) is 1.25. The highest BCUT2D eigenvalue weighted by Gasteiger charge is 2.15. The number of aliphatic hydroxyl groups is 1. The van der Waals surface area contributed by atoms with Gasteiger partial charge in [-0.15, -0.1) is 11.8 Å². The highest BCUT2D eigenvalue weighted by Crippen LogP contribution is 2.30. The molecule has 0 spiro atoms.